The van der Waals surface area contributed by atoms with E-state index in [2.05, 4.69) is 5.10 Å². The van der Waals surface area contributed by atoms with Gasteiger partial charge in [-0.3, -0.25) is 4.68 Å². The van der Waals surface area contributed by atoms with Crippen molar-refractivity contribution in [1.29, 1.82) is 5.26 Å². The number of hydrogen-bond donors (Lipinski definition) is 1. The highest BCUT2D eigenvalue weighted by Crippen LogP contribution is 2.11. The van der Waals surface area contributed by atoms with Crippen LogP contribution in [0.15, 0.2) is 6.20 Å². The zero-order valence-electron chi connectivity index (χ0n) is 6.57. The minimum absolute atomic E-state index is 0.249. The third kappa shape index (κ3) is 1.32. The zero-order valence-corrected chi connectivity index (χ0v) is 6.57. The molecule has 0 saturated carbocycles. The van der Waals surface area contributed by atoms with Crippen LogP contribution in [0.3, 0.4) is 0 Å². The van der Waals surface area contributed by atoms with E-state index >= 15 is 0 Å². The van der Waals surface area contributed by atoms with Gasteiger partial charge in [-0.1, -0.05) is 0 Å². The largest absolute Gasteiger partial charge is 0.395 e. The van der Waals surface area contributed by atoms with Crippen molar-refractivity contribution >= 4 is 5.69 Å². The molecule has 0 amide bonds. The normalized spacial score (nSPS) is 10.0. The fourth-order valence-electron chi connectivity index (χ4n) is 0.757. The lowest BCUT2D eigenvalue weighted by Crippen LogP contribution is -2.00. The molecule has 1 rings (SSSR count). The molecule has 0 aliphatic carbocycles. The van der Waals surface area contributed by atoms with E-state index in [1.165, 1.54) is 0 Å². The number of nitrogens with two attached hydrogens (primary N) is 1. The second-order valence-electron chi connectivity index (χ2n) is 2.62. The van der Waals surface area contributed by atoms with Crippen molar-refractivity contribution in [2.24, 2.45) is 0 Å². The summed E-state index contributed by atoms with van der Waals surface area (Å²) in [6.07, 6.45) is 1.67. The molecule has 58 valence electrons. The van der Waals surface area contributed by atoms with Gasteiger partial charge in [0.25, 0.3) is 0 Å². The highest BCUT2D eigenvalue weighted by atomic mass is 15.3. The Kier molecular flexibility index (Phi) is 1.81. The Morgan fingerprint density at radius 1 is 1.73 bits per heavy atom. The monoisotopic (exact) mass is 150 g/mol. The lowest BCUT2D eigenvalue weighted by Gasteiger charge is -2.01. The third-order valence-electron chi connectivity index (χ3n) is 1.40. The molecule has 0 aliphatic heterocycles. The molecule has 0 radical (unpaired) electrons. The van der Waals surface area contributed by atoms with Crippen LogP contribution in [-0.4, -0.2) is 9.78 Å². The van der Waals surface area contributed by atoms with Crippen molar-refractivity contribution in [1.82, 2.24) is 9.78 Å². The van der Waals surface area contributed by atoms with Gasteiger partial charge in [0.05, 0.1) is 5.69 Å². The van der Waals surface area contributed by atoms with E-state index in [9.17, 15) is 0 Å². The van der Waals surface area contributed by atoms with E-state index in [4.69, 9.17) is 11.0 Å². The van der Waals surface area contributed by atoms with Crippen LogP contribution in [0, 0.1) is 11.3 Å². The number of aromatic nitrogens is 2. The maximum absolute atomic E-state index is 8.51. The molecule has 1 heterocycles. The standard InChI is InChI=1S/C7H10N4/c1-5(2)11-4-6(9)7(3-8)10-11/h4-5H,9H2,1-2H3. The van der Waals surface area contributed by atoms with Crippen molar-refractivity contribution in [2.75, 3.05) is 5.73 Å². The highest BCUT2D eigenvalue weighted by Gasteiger charge is 2.05. The van der Waals surface area contributed by atoms with Gasteiger partial charge in [-0.05, 0) is 13.8 Å². The lowest BCUT2D eigenvalue weighted by molar-refractivity contribution is 0.531. The van der Waals surface area contributed by atoms with Gasteiger partial charge in [0.1, 0.15) is 6.07 Å². The number of anilines is 1. The minimum Gasteiger partial charge on any atom is -0.395 e. The third-order valence-corrected chi connectivity index (χ3v) is 1.40. The Hall–Kier alpha value is -1.50. The van der Waals surface area contributed by atoms with Crippen LogP contribution in [0.4, 0.5) is 5.69 Å². The molecule has 0 atom stereocenters. The molecule has 0 aliphatic rings. The Balaban J connectivity index is 3.07. The Bertz CT molecular complexity index is 292. The predicted molar refractivity (Wildman–Crippen MR) is 41.7 cm³/mol. The summed E-state index contributed by atoms with van der Waals surface area (Å²) in [4.78, 5) is 0. The molecule has 0 fully saturated rings. The molecular formula is C7H10N4. The first-order valence-electron chi connectivity index (χ1n) is 3.40. The van der Waals surface area contributed by atoms with Gasteiger partial charge in [-0.15, -0.1) is 0 Å². The van der Waals surface area contributed by atoms with Crippen molar-refractivity contribution in [3.63, 3.8) is 0 Å². The molecule has 1 aromatic heterocycles. The first-order chi connectivity index (χ1) is 5.15. The van der Waals surface area contributed by atoms with Crippen molar-refractivity contribution in [2.45, 2.75) is 19.9 Å². The Morgan fingerprint density at radius 2 is 2.36 bits per heavy atom. The van der Waals surface area contributed by atoms with Gasteiger partial charge < -0.3 is 5.73 Å². The van der Waals surface area contributed by atoms with Gasteiger partial charge >= 0.3 is 0 Å². The van der Waals surface area contributed by atoms with E-state index in [0.717, 1.165) is 0 Å². The average Bonchev–Trinajstić information content (AvgIpc) is 2.31. The van der Waals surface area contributed by atoms with Crippen molar-refractivity contribution < 1.29 is 0 Å². The summed E-state index contributed by atoms with van der Waals surface area (Å²) in [7, 11) is 0. The van der Waals surface area contributed by atoms with Crippen LogP contribution in [0.5, 0.6) is 0 Å². The molecule has 0 aromatic carbocycles. The molecule has 0 bridgehead atoms. The topological polar surface area (TPSA) is 67.6 Å². The number of nitrogen functional groups attached to an aromatic ring is 1. The molecule has 0 spiro atoms. The zero-order chi connectivity index (χ0) is 8.43. The molecule has 4 nitrogen and oxygen atoms in total. The first kappa shape index (κ1) is 7.61. The van der Waals surface area contributed by atoms with Gasteiger partial charge in [0.2, 0.25) is 0 Å². The lowest BCUT2D eigenvalue weighted by atomic mass is 10.4. The summed E-state index contributed by atoms with van der Waals surface area (Å²) in [5.74, 6) is 0. The van der Waals surface area contributed by atoms with Crippen molar-refractivity contribution in [3.8, 4) is 6.07 Å². The fourth-order valence-corrected chi connectivity index (χ4v) is 0.757. The summed E-state index contributed by atoms with van der Waals surface area (Å²) in [6.45, 7) is 3.96. The number of nitriles is 1. The first-order valence-corrected chi connectivity index (χ1v) is 3.40. The summed E-state index contributed by atoms with van der Waals surface area (Å²) in [5, 5.41) is 12.5. The second kappa shape index (κ2) is 2.62. The van der Waals surface area contributed by atoms with Crippen LogP contribution < -0.4 is 5.73 Å². The maximum Gasteiger partial charge on any atom is 0.185 e. The molecule has 2 N–H and O–H groups in total. The van der Waals surface area contributed by atoms with E-state index in [1.54, 1.807) is 10.9 Å². The second-order valence-corrected chi connectivity index (χ2v) is 2.62. The van der Waals surface area contributed by atoms with E-state index in [-0.39, 0.29) is 6.04 Å². The molecule has 1 aromatic rings. The fraction of sp³-hybridized carbons (Fsp3) is 0.429. The smallest absolute Gasteiger partial charge is 0.185 e. The van der Waals surface area contributed by atoms with E-state index < -0.39 is 0 Å². The van der Waals surface area contributed by atoms with Gasteiger partial charge in [0.15, 0.2) is 5.69 Å². The van der Waals surface area contributed by atoms with Crippen LogP contribution in [-0.2, 0) is 0 Å². The quantitative estimate of drug-likeness (QED) is 0.647. The van der Waals surface area contributed by atoms with Crippen LogP contribution in [0.1, 0.15) is 25.6 Å². The molecule has 0 saturated heterocycles. The number of rotatable bonds is 1. The summed E-state index contributed by atoms with van der Waals surface area (Å²) in [6, 6.07) is 2.16. The molecular weight excluding hydrogens is 140 g/mol. The number of nitrogens with zero attached hydrogens (tertiary/aromatic N) is 3. The Labute approximate surface area is 65.2 Å². The van der Waals surface area contributed by atoms with Crippen molar-refractivity contribution in [3.05, 3.63) is 11.9 Å². The number of hydrogen-bond acceptors (Lipinski definition) is 3. The summed E-state index contributed by atoms with van der Waals surface area (Å²) < 4.78 is 1.67. The average molecular weight is 150 g/mol. The van der Waals surface area contributed by atoms with Gasteiger partial charge in [0, 0.05) is 12.2 Å². The van der Waals surface area contributed by atoms with Gasteiger partial charge in [-0.25, -0.2) is 0 Å². The predicted octanol–water partition coefficient (Wildman–Crippen LogP) is 0.918. The highest BCUT2D eigenvalue weighted by molar-refractivity contribution is 5.47. The summed E-state index contributed by atoms with van der Waals surface area (Å²) in [5.41, 5.74) is 6.23. The van der Waals surface area contributed by atoms with Gasteiger partial charge in [-0.2, -0.15) is 10.4 Å². The van der Waals surface area contributed by atoms with Crippen LogP contribution in [0.25, 0.3) is 0 Å². The molecule has 4 heteroatoms. The van der Waals surface area contributed by atoms with E-state index in [0.29, 0.717) is 11.4 Å². The minimum atomic E-state index is 0.249. The van der Waals surface area contributed by atoms with Crippen LogP contribution in [0.2, 0.25) is 0 Å². The molecule has 11 heavy (non-hydrogen) atoms. The molecule has 0 unspecified atom stereocenters. The SMILES string of the molecule is CC(C)n1cc(N)c(C#N)n1. The van der Waals surface area contributed by atoms with E-state index in [1.807, 2.05) is 19.9 Å². The van der Waals surface area contributed by atoms with Crippen LogP contribution >= 0.6 is 0 Å². The summed E-state index contributed by atoms with van der Waals surface area (Å²) >= 11 is 0. The Morgan fingerprint density at radius 3 is 2.64 bits per heavy atom. The maximum atomic E-state index is 8.51.